The van der Waals surface area contributed by atoms with Gasteiger partial charge in [0.15, 0.2) is 5.96 Å². The van der Waals surface area contributed by atoms with Crippen molar-refractivity contribution in [3.63, 3.8) is 0 Å². The van der Waals surface area contributed by atoms with Gasteiger partial charge in [-0.3, -0.25) is 9.79 Å². The highest BCUT2D eigenvalue weighted by Crippen LogP contribution is 2.16. The van der Waals surface area contributed by atoms with Crippen LogP contribution in [0.5, 0.6) is 0 Å². The molecule has 0 bridgehead atoms. The molecule has 0 saturated heterocycles. The maximum Gasteiger partial charge on any atom is 0.224 e. The molecule has 26 heavy (non-hydrogen) atoms. The molecule has 0 aliphatic rings. The smallest absolute Gasteiger partial charge is 0.224 e. The summed E-state index contributed by atoms with van der Waals surface area (Å²) in [6, 6.07) is 7.07. The minimum Gasteiger partial charge on any atom is -0.356 e. The number of nitrogens with zero attached hydrogens (tertiary/aromatic N) is 2. The Morgan fingerprint density at radius 3 is 2.58 bits per heavy atom. The van der Waals surface area contributed by atoms with E-state index in [1.165, 1.54) is 4.88 Å². The maximum atomic E-state index is 11.9. The Hall–Kier alpha value is -2.12. The van der Waals surface area contributed by atoms with E-state index in [9.17, 15) is 4.79 Å². The Balaban J connectivity index is 1.66. The Bertz CT molecular complexity index is 757. The number of carbonyl (C=O) groups is 1. The number of amides is 1. The zero-order valence-electron chi connectivity index (χ0n) is 15.2. The van der Waals surface area contributed by atoms with Gasteiger partial charge in [-0.1, -0.05) is 11.6 Å². The van der Waals surface area contributed by atoms with Crippen LogP contribution in [0.25, 0.3) is 0 Å². The predicted octanol–water partition coefficient (Wildman–Crippen LogP) is 3.50. The van der Waals surface area contributed by atoms with Gasteiger partial charge in [-0.15, -0.1) is 11.3 Å². The molecule has 140 valence electrons. The number of hydrogen-bond donors (Lipinski definition) is 3. The molecule has 3 N–H and O–H groups in total. The molecule has 1 amide bonds. The number of halogens is 1. The fourth-order valence-corrected chi connectivity index (χ4v) is 3.34. The van der Waals surface area contributed by atoms with Crippen LogP contribution in [0, 0.1) is 13.8 Å². The summed E-state index contributed by atoms with van der Waals surface area (Å²) in [4.78, 5) is 21.8. The van der Waals surface area contributed by atoms with Gasteiger partial charge in [-0.25, -0.2) is 4.98 Å². The zero-order valence-corrected chi connectivity index (χ0v) is 16.8. The number of nitrogens with one attached hydrogen (secondary N) is 3. The molecule has 1 heterocycles. The molecule has 0 aliphatic carbocycles. The third-order valence-corrected chi connectivity index (χ3v) is 4.97. The third-order valence-electron chi connectivity index (χ3n) is 3.64. The van der Waals surface area contributed by atoms with Crippen LogP contribution in [0.1, 0.15) is 28.4 Å². The second-order valence-corrected chi connectivity index (χ2v) is 7.48. The number of aryl methyl sites for hydroxylation is 2. The average Bonchev–Trinajstić information content (AvgIpc) is 2.93. The molecule has 8 heteroatoms. The van der Waals surface area contributed by atoms with Crippen molar-refractivity contribution in [1.29, 1.82) is 0 Å². The van der Waals surface area contributed by atoms with Crippen molar-refractivity contribution in [2.24, 2.45) is 4.99 Å². The second-order valence-electron chi connectivity index (χ2n) is 5.75. The van der Waals surface area contributed by atoms with Gasteiger partial charge >= 0.3 is 0 Å². The van der Waals surface area contributed by atoms with Crippen molar-refractivity contribution < 1.29 is 4.79 Å². The van der Waals surface area contributed by atoms with Gasteiger partial charge in [0.05, 0.1) is 17.2 Å². The second kappa shape index (κ2) is 10.1. The lowest BCUT2D eigenvalue weighted by Crippen LogP contribution is -2.37. The predicted molar refractivity (Wildman–Crippen MR) is 109 cm³/mol. The standard InChI is InChI=1S/C18H24ClN5OS/c1-12-16(26-13(2)23-12)11-22-18(20-3)21-10-4-5-17(25)24-15-8-6-14(19)7-9-15/h6-9H,4-5,10-11H2,1-3H3,(H,24,25)(H2,20,21,22). The first-order chi connectivity index (χ1) is 12.5. The van der Waals surface area contributed by atoms with E-state index < -0.39 is 0 Å². The molecule has 0 saturated carbocycles. The van der Waals surface area contributed by atoms with E-state index in [1.54, 1.807) is 42.6 Å². The van der Waals surface area contributed by atoms with Gasteiger partial charge in [0.2, 0.25) is 5.91 Å². The zero-order chi connectivity index (χ0) is 18.9. The summed E-state index contributed by atoms with van der Waals surface area (Å²) in [6.07, 6.45) is 1.14. The first-order valence-electron chi connectivity index (χ1n) is 8.40. The van der Waals surface area contributed by atoms with Gasteiger partial charge in [-0.05, 0) is 44.5 Å². The monoisotopic (exact) mass is 393 g/mol. The molecule has 0 spiro atoms. The Kier molecular flexibility index (Phi) is 7.87. The number of carbonyl (C=O) groups excluding carboxylic acids is 1. The number of aromatic nitrogens is 1. The molecular formula is C18H24ClN5OS. The number of anilines is 1. The summed E-state index contributed by atoms with van der Waals surface area (Å²) < 4.78 is 0. The number of guanidine groups is 1. The van der Waals surface area contributed by atoms with E-state index >= 15 is 0 Å². The minimum atomic E-state index is -0.0205. The van der Waals surface area contributed by atoms with E-state index in [-0.39, 0.29) is 5.91 Å². The molecule has 1 aromatic heterocycles. The van der Waals surface area contributed by atoms with E-state index in [0.29, 0.717) is 36.9 Å². The fourth-order valence-electron chi connectivity index (χ4n) is 2.33. The number of hydrogen-bond acceptors (Lipinski definition) is 4. The molecule has 2 rings (SSSR count). The molecule has 0 fully saturated rings. The van der Waals surface area contributed by atoms with Crippen molar-refractivity contribution in [2.45, 2.75) is 33.2 Å². The Labute approximate surface area is 163 Å². The molecule has 2 aromatic rings. The summed E-state index contributed by atoms with van der Waals surface area (Å²) in [7, 11) is 1.73. The summed E-state index contributed by atoms with van der Waals surface area (Å²) in [6.45, 7) is 5.36. The van der Waals surface area contributed by atoms with Crippen LogP contribution in [0.3, 0.4) is 0 Å². The van der Waals surface area contributed by atoms with Crippen molar-refractivity contribution >= 4 is 40.5 Å². The summed E-state index contributed by atoms with van der Waals surface area (Å²) >= 11 is 7.51. The highest BCUT2D eigenvalue weighted by Gasteiger charge is 2.06. The summed E-state index contributed by atoms with van der Waals surface area (Å²) in [5.41, 5.74) is 1.80. The SMILES string of the molecule is CN=C(NCCCC(=O)Nc1ccc(Cl)cc1)NCc1sc(C)nc1C. The number of thiazole rings is 1. The number of benzene rings is 1. The molecule has 0 atom stereocenters. The maximum absolute atomic E-state index is 11.9. The van der Waals surface area contributed by atoms with Crippen LogP contribution in [0.15, 0.2) is 29.3 Å². The van der Waals surface area contributed by atoms with Gasteiger partial charge in [0.1, 0.15) is 0 Å². The van der Waals surface area contributed by atoms with Gasteiger partial charge in [0.25, 0.3) is 0 Å². The topological polar surface area (TPSA) is 78.4 Å². The molecule has 0 radical (unpaired) electrons. The molecule has 0 unspecified atom stereocenters. The molecule has 1 aromatic carbocycles. The first-order valence-corrected chi connectivity index (χ1v) is 9.60. The highest BCUT2D eigenvalue weighted by atomic mass is 35.5. The van der Waals surface area contributed by atoms with Crippen LogP contribution in [-0.2, 0) is 11.3 Å². The molecule has 6 nitrogen and oxygen atoms in total. The lowest BCUT2D eigenvalue weighted by atomic mass is 10.2. The molecule has 0 aliphatic heterocycles. The van der Waals surface area contributed by atoms with Crippen LogP contribution >= 0.6 is 22.9 Å². The Morgan fingerprint density at radius 2 is 1.96 bits per heavy atom. The van der Waals surface area contributed by atoms with E-state index in [4.69, 9.17) is 11.6 Å². The third kappa shape index (κ3) is 6.65. The quantitative estimate of drug-likeness (QED) is 0.382. The van der Waals surface area contributed by atoms with Crippen LogP contribution in [-0.4, -0.2) is 30.4 Å². The van der Waals surface area contributed by atoms with Crippen LogP contribution < -0.4 is 16.0 Å². The van der Waals surface area contributed by atoms with Gasteiger partial charge in [-0.2, -0.15) is 0 Å². The van der Waals surface area contributed by atoms with Gasteiger partial charge in [0, 0.05) is 35.6 Å². The lowest BCUT2D eigenvalue weighted by Gasteiger charge is -2.11. The number of rotatable bonds is 7. The van der Waals surface area contributed by atoms with Crippen molar-refractivity contribution in [2.75, 3.05) is 18.9 Å². The summed E-state index contributed by atoms with van der Waals surface area (Å²) in [5, 5.41) is 11.0. The van der Waals surface area contributed by atoms with E-state index in [0.717, 1.165) is 16.4 Å². The first kappa shape index (κ1) is 20.2. The van der Waals surface area contributed by atoms with Crippen LogP contribution in [0.2, 0.25) is 5.02 Å². The van der Waals surface area contributed by atoms with E-state index in [1.807, 2.05) is 13.8 Å². The van der Waals surface area contributed by atoms with Crippen molar-refractivity contribution in [3.8, 4) is 0 Å². The lowest BCUT2D eigenvalue weighted by molar-refractivity contribution is -0.116. The number of aliphatic imine (C=N–C) groups is 1. The van der Waals surface area contributed by atoms with Crippen molar-refractivity contribution in [3.05, 3.63) is 44.9 Å². The normalized spacial score (nSPS) is 11.3. The average molecular weight is 394 g/mol. The largest absolute Gasteiger partial charge is 0.356 e. The highest BCUT2D eigenvalue weighted by molar-refractivity contribution is 7.11. The fraction of sp³-hybridized carbons (Fsp3) is 0.389. The Morgan fingerprint density at radius 1 is 1.23 bits per heavy atom. The summed E-state index contributed by atoms with van der Waals surface area (Å²) in [5.74, 6) is 0.696. The van der Waals surface area contributed by atoms with E-state index in [2.05, 4.69) is 25.9 Å². The van der Waals surface area contributed by atoms with Crippen molar-refractivity contribution in [1.82, 2.24) is 15.6 Å². The van der Waals surface area contributed by atoms with Gasteiger partial charge < -0.3 is 16.0 Å². The molecular weight excluding hydrogens is 370 g/mol. The van der Waals surface area contributed by atoms with Crippen LogP contribution in [0.4, 0.5) is 5.69 Å². The minimum absolute atomic E-state index is 0.0205.